The third-order valence-electron chi connectivity index (χ3n) is 7.29. The number of aryl methyl sites for hydroxylation is 1. The van der Waals surface area contributed by atoms with Gasteiger partial charge in [0.2, 0.25) is 0 Å². The lowest BCUT2D eigenvalue weighted by molar-refractivity contribution is 0.0783. The van der Waals surface area contributed by atoms with Crippen LogP contribution in [0.2, 0.25) is 0 Å². The van der Waals surface area contributed by atoms with Crippen molar-refractivity contribution in [1.29, 1.82) is 0 Å². The summed E-state index contributed by atoms with van der Waals surface area (Å²) in [4.78, 5) is 32.6. The molecule has 41 heavy (non-hydrogen) atoms. The van der Waals surface area contributed by atoms with Crippen molar-refractivity contribution in [1.82, 2.24) is 34.8 Å². The molecule has 10 nitrogen and oxygen atoms in total. The number of benzene rings is 2. The van der Waals surface area contributed by atoms with Gasteiger partial charge in [0, 0.05) is 67.7 Å². The van der Waals surface area contributed by atoms with E-state index in [-0.39, 0.29) is 23.7 Å². The van der Waals surface area contributed by atoms with Crippen molar-refractivity contribution in [2.24, 2.45) is 7.05 Å². The lowest BCUT2D eigenvalue weighted by atomic mass is 10.0. The zero-order chi connectivity index (χ0) is 28.3. The number of rotatable bonds is 7. The Morgan fingerprint density at radius 3 is 2.59 bits per heavy atom. The number of pyridine rings is 1. The molecule has 2 aromatic carbocycles. The number of carbonyl (C=O) groups is 2. The predicted octanol–water partition coefficient (Wildman–Crippen LogP) is 3.62. The number of carbonyl (C=O) groups excluding carboxylic acids is 2. The third kappa shape index (κ3) is 5.72. The number of likely N-dealkylation sites (tertiary alicyclic amines) is 1. The molecular formula is C31H30N8O2. The van der Waals surface area contributed by atoms with E-state index >= 15 is 0 Å². The first-order valence-electron chi connectivity index (χ1n) is 13.4. The largest absolute Gasteiger partial charge is 0.383 e. The van der Waals surface area contributed by atoms with Crippen LogP contribution in [0.3, 0.4) is 0 Å². The van der Waals surface area contributed by atoms with Crippen molar-refractivity contribution in [2.75, 3.05) is 18.8 Å². The summed E-state index contributed by atoms with van der Waals surface area (Å²) >= 11 is 0. The fourth-order valence-electron chi connectivity index (χ4n) is 5.16. The van der Waals surface area contributed by atoms with E-state index in [4.69, 9.17) is 5.73 Å². The maximum absolute atomic E-state index is 13.4. The molecule has 1 saturated heterocycles. The van der Waals surface area contributed by atoms with Crippen LogP contribution in [0.4, 0.5) is 5.82 Å². The molecule has 6 rings (SSSR count). The Labute approximate surface area is 237 Å². The van der Waals surface area contributed by atoms with Gasteiger partial charge >= 0.3 is 0 Å². The van der Waals surface area contributed by atoms with Gasteiger partial charge in [0.1, 0.15) is 5.82 Å². The summed E-state index contributed by atoms with van der Waals surface area (Å²) in [6, 6.07) is 19.4. The van der Waals surface area contributed by atoms with Gasteiger partial charge in [0.15, 0.2) is 0 Å². The van der Waals surface area contributed by atoms with Crippen molar-refractivity contribution in [3.63, 3.8) is 0 Å². The van der Waals surface area contributed by atoms with E-state index in [2.05, 4.69) is 32.6 Å². The maximum atomic E-state index is 13.4. The SMILES string of the molecule is Cn1cc(-c2cnc(N)c(C(=O)NC3CCN(C(=O)c4cccc(-c5cccc(Cn6cccn6)c5)c4)C3)c2)cn1. The fraction of sp³-hybridized carbons (Fsp3) is 0.194. The van der Waals surface area contributed by atoms with Crippen LogP contribution in [0.5, 0.6) is 0 Å². The zero-order valence-corrected chi connectivity index (χ0v) is 22.6. The molecule has 10 heteroatoms. The second-order valence-corrected chi connectivity index (χ2v) is 10.3. The minimum absolute atomic E-state index is 0.0592. The second-order valence-electron chi connectivity index (χ2n) is 10.3. The summed E-state index contributed by atoms with van der Waals surface area (Å²) in [5.41, 5.74) is 11.7. The minimum Gasteiger partial charge on any atom is -0.383 e. The van der Waals surface area contributed by atoms with Crippen LogP contribution in [0.25, 0.3) is 22.3 Å². The van der Waals surface area contributed by atoms with Crippen molar-refractivity contribution in [2.45, 2.75) is 19.0 Å². The lowest BCUT2D eigenvalue weighted by Gasteiger charge is -2.18. The molecular weight excluding hydrogens is 516 g/mol. The maximum Gasteiger partial charge on any atom is 0.255 e. The predicted molar refractivity (Wildman–Crippen MR) is 156 cm³/mol. The average molecular weight is 547 g/mol. The van der Waals surface area contributed by atoms with Gasteiger partial charge in [-0.3, -0.25) is 19.0 Å². The van der Waals surface area contributed by atoms with Crippen LogP contribution >= 0.6 is 0 Å². The van der Waals surface area contributed by atoms with E-state index in [1.165, 1.54) is 0 Å². The summed E-state index contributed by atoms with van der Waals surface area (Å²) in [5, 5.41) is 11.5. The van der Waals surface area contributed by atoms with E-state index in [9.17, 15) is 9.59 Å². The van der Waals surface area contributed by atoms with Crippen LogP contribution in [0.1, 0.15) is 32.7 Å². The highest BCUT2D eigenvalue weighted by Crippen LogP contribution is 2.25. The van der Waals surface area contributed by atoms with Crippen molar-refractivity contribution >= 4 is 17.6 Å². The van der Waals surface area contributed by atoms with Gasteiger partial charge in [-0.1, -0.05) is 30.3 Å². The van der Waals surface area contributed by atoms with Crippen LogP contribution in [0, 0.1) is 0 Å². The van der Waals surface area contributed by atoms with Crippen LogP contribution in [-0.2, 0) is 13.6 Å². The van der Waals surface area contributed by atoms with E-state index < -0.39 is 0 Å². The summed E-state index contributed by atoms with van der Waals surface area (Å²) < 4.78 is 3.56. The van der Waals surface area contributed by atoms with E-state index in [1.807, 2.05) is 66.6 Å². The Morgan fingerprint density at radius 1 is 0.976 bits per heavy atom. The molecule has 1 unspecified atom stereocenters. The van der Waals surface area contributed by atoms with Crippen LogP contribution < -0.4 is 11.1 Å². The Hall–Kier alpha value is -5.25. The highest BCUT2D eigenvalue weighted by Gasteiger charge is 2.29. The number of anilines is 1. The number of aromatic nitrogens is 5. The molecule has 1 fully saturated rings. The first kappa shape index (κ1) is 26.0. The van der Waals surface area contributed by atoms with Gasteiger partial charge in [-0.15, -0.1) is 0 Å². The molecule has 206 valence electrons. The van der Waals surface area contributed by atoms with Gasteiger partial charge in [-0.05, 0) is 53.4 Å². The molecule has 4 heterocycles. The van der Waals surface area contributed by atoms with Gasteiger partial charge in [-0.2, -0.15) is 10.2 Å². The highest BCUT2D eigenvalue weighted by molar-refractivity contribution is 6.00. The zero-order valence-electron chi connectivity index (χ0n) is 22.6. The van der Waals surface area contributed by atoms with Gasteiger partial charge < -0.3 is 16.0 Å². The van der Waals surface area contributed by atoms with Gasteiger partial charge in [0.05, 0.1) is 18.3 Å². The molecule has 3 aromatic heterocycles. The molecule has 3 N–H and O–H groups in total. The lowest BCUT2D eigenvalue weighted by Crippen LogP contribution is -2.38. The van der Waals surface area contributed by atoms with Gasteiger partial charge in [-0.25, -0.2) is 4.98 Å². The van der Waals surface area contributed by atoms with Crippen molar-refractivity contribution < 1.29 is 9.59 Å². The molecule has 0 saturated carbocycles. The first-order chi connectivity index (χ1) is 19.9. The number of nitrogens with two attached hydrogens (primary N) is 1. The standard InChI is InChI=1S/C31H30N8O2/c1-37-19-26(17-35-37)25-15-28(29(32)33-16-25)30(40)36-27-9-12-38(20-27)31(41)24-8-3-7-23(14-24)22-6-2-5-21(13-22)18-39-11-4-10-34-39/h2-8,10-11,13-17,19,27H,9,12,18,20H2,1H3,(H2,32,33)(H,36,40). The Morgan fingerprint density at radius 2 is 1.80 bits per heavy atom. The number of amides is 2. The summed E-state index contributed by atoms with van der Waals surface area (Å²) in [6.07, 6.45) is 9.54. The monoisotopic (exact) mass is 546 g/mol. The molecule has 0 spiro atoms. The highest BCUT2D eigenvalue weighted by atomic mass is 16.2. The van der Waals surface area contributed by atoms with Crippen LogP contribution in [-0.4, -0.2) is 60.4 Å². The smallest absolute Gasteiger partial charge is 0.255 e. The fourth-order valence-corrected chi connectivity index (χ4v) is 5.16. The van der Waals surface area contributed by atoms with E-state index in [0.29, 0.717) is 37.2 Å². The number of nitrogens with zero attached hydrogens (tertiary/aromatic N) is 6. The quantitative estimate of drug-likeness (QED) is 0.321. The molecule has 1 atom stereocenters. The van der Waals surface area contributed by atoms with Crippen molar-refractivity contribution in [3.8, 4) is 22.3 Å². The molecule has 5 aromatic rings. The molecule has 2 amide bonds. The second kappa shape index (κ2) is 11.1. The third-order valence-corrected chi connectivity index (χ3v) is 7.29. The Balaban J connectivity index is 1.12. The normalized spacial score (nSPS) is 14.8. The number of hydrogen-bond acceptors (Lipinski definition) is 6. The first-order valence-corrected chi connectivity index (χ1v) is 13.4. The summed E-state index contributed by atoms with van der Waals surface area (Å²) in [5.74, 6) is -0.209. The van der Waals surface area contributed by atoms with Gasteiger partial charge in [0.25, 0.3) is 11.8 Å². The number of nitrogen functional groups attached to an aromatic ring is 1. The van der Waals surface area contributed by atoms with E-state index in [1.54, 1.807) is 34.2 Å². The van der Waals surface area contributed by atoms with Crippen LogP contribution in [0.15, 0.2) is 91.6 Å². The molecule has 0 aliphatic carbocycles. The Kier molecular flexibility index (Phi) is 7.03. The summed E-state index contributed by atoms with van der Waals surface area (Å²) in [6.45, 7) is 1.65. The molecule has 1 aliphatic rings. The molecule has 1 aliphatic heterocycles. The van der Waals surface area contributed by atoms with Crippen molar-refractivity contribution in [3.05, 3.63) is 108 Å². The molecule has 0 radical (unpaired) electrons. The number of nitrogens with one attached hydrogen (secondary N) is 1. The average Bonchev–Trinajstić information content (AvgIpc) is 3.76. The number of hydrogen-bond donors (Lipinski definition) is 2. The molecule has 0 bridgehead atoms. The Bertz CT molecular complexity index is 1710. The summed E-state index contributed by atoms with van der Waals surface area (Å²) in [7, 11) is 1.83. The minimum atomic E-state index is -0.308. The topological polar surface area (TPSA) is 124 Å². The van der Waals surface area contributed by atoms with E-state index in [0.717, 1.165) is 27.8 Å².